The van der Waals surface area contributed by atoms with Crippen LogP contribution >= 0.6 is 11.3 Å². The molecule has 0 aliphatic carbocycles. The van der Waals surface area contributed by atoms with Gasteiger partial charge in [-0.15, -0.1) is 16.4 Å². The van der Waals surface area contributed by atoms with E-state index in [1.807, 2.05) is 30.1 Å². The number of amides is 1. The second-order valence-electron chi connectivity index (χ2n) is 8.34. The Bertz CT molecular complexity index is 1090. The summed E-state index contributed by atoms with van der Waals surface area (Å²) in [7, 11) is 0. The SMILES string of the molecule is Cc1nc(Cn2cc(C3(O)CN(C(=O)c4nn(C5CCOCC5)cc4C)C3)nn2)cs1. The van der Waals surface area contributed by atoms with Gasteiger partial charge in [0, 0.05) is 30.4 Å². The molecule has 0 radical (unpaired) electrons. The van der Waals surface area contributed by atoms with Crippen molar-refractivity contribution in [3.05, 3.63) is 45.4 Å². The molecule has 1 N–H and O–H groups in total. The molecule has 3 aromatic heterocycles. The molecule has 5 heterocycles. The zero-order valence-electron chi connectivity index (χ0n) is 17.6. The van der Waals surface area contributed by atoms with E-state index in [1.54, 1.807) is 27.1 Å². The summed E-state index contributed by atoms with van der Waals surface area (Å²) in [5.74, 6) is -0.168. The largest absolute Gasteiger partial charge is 0.381 e. The number of aromatic nitrogens is 6. The summed E-state index contributed by atoms with van der Waals surface area (Å²) in [4.78, 5) is 19.0. The molecule has 164 valence electrons. The highest BCUT2D eigenvalue weighted by atomic mass is 32.1. The van der Waals surface area contributed by atoms with Crippen molar-refractivity contribution in [1.29, 1.82) is 0 Å². The second-order valence-corrected chi connectivity index (χ2v) is 9.40. The lowest BCUT2D eigenvalue weighted by Crippen LogP contribution is -2.61. The molecule has 0 unspecified atom stereocenters. The summed E-state index contributed by atoms with van der Waals surface area (Å²) in [5.41, 5.74) is 1.47. The van der Waals surface area contributed by atoms with Crippen LogP contribution in [0.4, 0.5) is 0 Å². The van der Waals surface area contributed by atoms with Gasteiger partial charge in [-0.3, -0.25) is 9.48 Å². The van der Waals surface area contributed by atoms with Crippen LogP contribution in [0.5, 0.6) is 0 Å². The molecule has 1 amide bonds. The van der Waals surface area contributed by atoms with Gasteiger partial charge >= 0.3 is 0 Å². The van der Waals surface area contributed by atoms with E-state index in [4.69, 9.17) is 4.74 Å². The van der Waals surface area contributed by atoms with Crippen molar-refractivity contribution < 1.29 is 14.6 Å². The maximum absolute atomic E-state index is 13.0. The molecule has 0 bridgehead atoms. The van der Waals surface area contributed by atoms with E-state index in [0.717, 1.165) is 42.3 Å². The Morgan fingerprint density at radius 2 is 2.06 bits per heavy atom. The Balaban J connectivity index is 1.24. The van der Waals surface area contributed by atoms with E-state index < -0.39 is 5.60 Å². The minimum absolute atomic E-state index is 0.168. The van der Waals surface area contributed by atoms with Crippen molar-refractivity contribution in [2.24, 2.45) is 0 Å². The molecule has 31 heavy (non-hydrogen) atoms. The molecule has 3 aromatic rings. The summed E-state index contributed by atoms with van der Waals surface area (Å²) in [6, 6.07) is 0.263. The van der Waals surface area contributed by atoms with Crippen molar-refractivity contribution in [3.63, 3.8) is 0 Å². The Labute approximate surface area is 183 Å². The van der Waals surface area contributed by atoms with E-state index >= 15 is 0 Å². The van der Waals surface area contributed by atoms with Gasteiger partial charge in [0.1, 0.15) is 11.3 Å². The molecule has 2 fully saturated rings. The molecular weight excluding hydrogens is 418 g/mol. The van der Waals surface area contributed by atoms with Crippen LogP contribution in [-0.4, -0.2) is 72.0 Å². The zero-order chi connectivity index (χ0) is 21.6. The Hall–Kier alpha value is -2.63. The van der Waals surface area contributed by atoms with Gasteiger partial charge in [0.25, 0.3) is 5.91 Å². The molecule has 2 saturated heterocycles. The lowest BCUT2D eigenvalue weighted by molar-refractivity contribution is -0.0895. The first-order valence-electron chi connectivity index (χ1n) is 10.4. The van der Waals surface area contributed by atoms with Gasteiger partial charge in [-0.1, -0.05) is 5.21 Å². The van der Waals surface area contributed by atoms with Crippen LogP contribution in [0.15, 0.2) is 17.8 Å². The normalized spacial score (nSPS) is 18.9. The van der Waals surface area contributed by atoms with Gasteiger partial charge in [0.15, 0.2) is 5.69 Å². The second kappa shape index (κ2) is 7.81. The third-order valence-corrected chi connectivity index (χ3v) is 6.70. The number of hydrogen-bond acceptors (Lipinski definition) is 8. The lowest BCUT2D eigenvalue weighted by atomic mass is 9.90. The number of thiazole rings is 1. The molecule has 0 aromatic carbocycles. The van der Waals surface area contributed by atoms with Crippen molar-refractivity contribution >= 4 is 17.2 Å². The lowest BCUT2D eigenvalue weighted by Gasteiger charge is -2.44. The van der Waals surface area contributed by atoms with Crippen LogP contribution in [0.1, 0.15) is 51.3 Å². The molecule has 11 heteroatoms. The van der Waals surface area contributed by atoms with Gasteiger partial charge < -0.3 is 14.7 Å². The van der Waals surface area contributed by atoms with E-state index in [9.17, 15) is 9.90 Å². The van der Waals surface area contributed by atoms with Crippen LogP contribution in [0, 0.1) is 13.8 Å². The maximum Gasteiger partial charge on any atom is 0.274 e. The highest BCUT2D eigenvalue weighted by Crippen LogP contribution is 2.32. The molecule has 10 nitrogen and oxygen atoms in total. The molecule has 0 atom stereocenters. The van der Waals surface area contributed by atoms with E-state index in [0.29, 0.717) is 17.9 Å². The number of aliphatic hydroxyl groups is 1. The highest BCUT2D eigenvalue weighted by molar-refractivity contribution is 7.09. The third kappa shape index (κ3) is 3.88. The summed E-state index contributed by atoms with van der Waals surface area (Å²) < 4.78 is 8.96. The maximum atomic E-state index is 13.0. The quantitative estimate of drug-likeness (QED) is 0.632. The minimum Gasteiger partial charge on any atom is -0.381 e. The monoisotopic (exact) mass is 443 g/mol. The number of carbonyl (C=O) groups is 1. The average Bonchev–Trinajstić information content (AvgIpc) is 3.47. The average molecular weight is 444 g/mol. The predicted octanol–water partition coefficient (Wildman–Crippen LogP) is 1.29. The predicted molar refractivity (Wildman–Crippen MR) is 112 cm³/mol. The summed E-state index contributed by atoms with van der Waals surface area (Å²) >= 11 is 1.58. The summed E-state index contributed by atoms with van der Waals surface area (Å²) in [6.45, 7) is 6.13. The van der Waals surface area contributed by atoms with Crippen LogP contribution in [0.3, 0.4) is 0 Å². The van der Waals surface area contributed by atoms with Crippen LogP contribution in [0.2, 0.25) is 0 Å². The summed E-state index contributed by atoms with van der Waals surface area (Å²) in [6.07, 6.45) is 5.45. The molecule has 0 saturated carbocycles. The third-order valence-electron chi connectivity index (χ3n) is 5.88. The first kappa shape index (κ1) is 20.3. The van der Waals surface area contributed by atoms with Crippen molar-refractivity contribution in [2.75, 3.05) is 26.3 Å². The fourth-order valence-corrected chi connectivity index (χ4v) is 4.71. The van der Waals surface area contributed by atoms with Crippen molar-refractivity contribution in [3.8, 4) is 0 Å². The van der Waals surface area contributed by atoms with Crippen LogP contribution in [0.25, 0.3) is 0 Å². The standard InChI is InChI=1S/C20H25N7O3S/c1-13-7-27(16-3-5-30-6-4-16)23-18(13)19(28)25-11-20(29,12-25)17-9-26(24-22-17)8-15-10-31-14(2)21-15/h7,9-10,16,29H,3-6,8,11-12H2,1-2H3. The number of aryl methyl sites for hydroxylation is 2. The zero-order valence-corrected chi connectivity index (χ0v) is 18.4. The Morgan fingerprint density at radius 3 is 2.77 bits per heavy atom. The number of nitrogens with zero attached hydrogens (tertiary/aromatic N) is 7. The number of rotatable bonds is 5. The van der Waals surface area contributed by atoms with Gasteiger partial charge in [0.05, 0.1) is 42.6 Å². The van der Waals surface area contributed by atoms with Gasteiger partial charge in [-0.25, -0.2) is 9.67 Å². The van der Waals surface area contributed by atoms with E-state index in [-0.39, 0.29) is 25.0 Å². The number of hydrogen-bond donors (Lipinski definition) is 1. The number of carbonyl (C=O) groups excluding carboxylic acids is 1. The van der Waals surface area contributed by atoms with E-state index in [2.05, 4.69) is 20.4 Å². The van der Waals surface area contributed by atoms with Gasteiger partial charge in [-0.2, -0.15) is 5.10 Å². The van der Waals surface area contributed by atoms with Crippen molar-refractivity contribution in [2.45, 2.75) is 44.9 Å². The van der Waals surface area contributed by atoms with Crippen LogP contribution in [-0.2, 0) is 16.9 Å². The smallest absolute Gasteiger partial charge is 0.274 e. The molecule has 0 spiro atoms. The fraction of sp³-hybridized carbons (Fsp3) is 0.550. The molecular formula is C20H25N7O3S. The number of ether oxygens (including phenoxy) is 1. The Kier molecular flexibility index (Phi) is 5.11. The molecule has 5 rings (SSSR count). The van der Waals surface area contributed by atoms with Gasteiger partial charge in [0.2, 0.25) is 0 Å². The number of likely N-dealkylation sites (tertiary alicyclic amines) is 1. The first-order chi connectivity index (χ1) is 14.9. The number of β-amino-alcohol motifs (C(OH)–C–C–N with tert-alkyl or cyclic N) is 1. The highest BCUT2D eigenvalue weighted by Gasteiger charge is 2.48. The van der Waals surface area contributed by atoms with Gasteiger partial charge in [-0.05, 0) is 26.7 Å². The minimum atomic E-state index is -1.19. The fourth-order valence-electron chi connectivity index (χ4n) is 4.11. The molecule has 2 aliphatic rings. The Morgan fingerprint density at radius 1 is 1.29 bits per heavy atom. The topological polar surface area (TPSA) is 111 Å². The summed E-state index contributed by atoms with van der Waals surface area (Å²) in [5, 5.41) is 26.7. The first-order valence-corrected chi connectivity index (χ1v) is 11.3. The van der Waals surface area contributed by atoms with Crippen molar-refractivity contribution in [1.82, 2.24) is 34.7 Å². The van der Waals surface area contributed by atoms with E-state index in [1.165, 1.54) is 0 Å². The molecule has 2 aliphatic heterocycles. The van der Waals surface area contributed by atoms with Crippen LogP contribution < -0.4 is 0 Å².